The third kappa shape index (κ3) is 5.41. The summed E-state index contributed by atoms with van der Waals surface area (Å²) in [6.45, 7) is 5.91. The summed E-state index contributed by atoms with van der Waals surface area (Å²) in [5.41, 5.74) is 2.62. The zero-order valence-electron chi connectivity index (χ0n) is 23.6. The molecular weight excluding hydrogens is 506 g/mol. The van der Waals surface area contributed by atoms with Gasteiger partial charge in [-0.3, -0.25) is 9.51 Å². The molecule has 212 valence electrons. The molecule has 3 aromatic heterocycles. The van der Waals surface area contributed by atoms with E-state index in [4.69, 9.17) is 24.2 Å². The fourth-order valence-electron chi connectivity index (χ4n) is 6.25. The van der Waals surface area contributed by atoms with Gasteiger partial charge in [-0.15, -0.1) is 0 Å². The SMILES string of the molecule is COCC(c1ccccc1)c1nc2nc(-c3noc(=O)[nH]3)nc(NC(C)C3CCC3)c2n1CC1CCC(C)CC1. The van der Waals surface area contributed by atoms with Crippen LogP contribution in [0.5, 0.6) is 0 Å². The molecule has 2 atom stereocenters. The van der Waals surface area contributed by atoms with Gasteiger partial charge in [-0.1, -0.05) is 61.7 Å². The van der Waals surface area contributed by atoms with E-state index in [9.17, 15) is 4.79 Å². The Hall–Kier alpha value is -3.53. The van der Waals surface area contributed by atoms with Crippen LogP contribution in [-0.2, 0) is 11.3 Å². The monoisotopic (exact) mass is 545 g/mol. The number of methoxy groups -OCH3 is 1. The molecule has 2 aliphatic rings. The first-order chi connectivity index (χ1) is 19.5. The minimum Gasteiger partial charge on any atom is -0.384 e. The van der Waals surface area contributed by atoms with Crippen LogP contribution in [0.25, 0.3) is 22.8 Å². The number of H-pyrrole nitrogens is 1. The van der Waals surface area contributed by atoms with Crippen molar-refractivity contribution in [3.63, 3.8) is 0 Å². The number of aromatic nitrogens is 6. The maximum absolute atomic E-state index is 11.8. The van der Waals surface area contributed by atoms with Gasteiger partial charge in [0.25, 0.3) is 0 Å². The van der Waals surface area contributed by atoms with E-state index in [1.165, 1.54) is 44.9 Å². The van der Waals surface area contributed by atoms with Crippen LogP contribution in [0.15, 0.2) is 39.6 Å². The fraction of sp³-hybridized carbons (Fsp3) is 0.567. The van der Waals surface area contributed by atoms with Gasteiger partial charge in [0.1, 0.15) is 11.3 Å². The number of hydrogen-bond acceptors (Lipinski definition) is 8. The molecule has 2 aliphatic carbocycles. The van der Waals surface area contributed by atoms with Crippen molar-refractivity contribution in [2.75, 3.05) is 19.0 Å². The molecule has 0 saturated heterocycles. The van der Waals surface area contributed by atoms with Crippen LogP contribution in [0.2, 0.25) is 0 Å². The van der Waals surface area contributed by atoms with E-state index in [-0.39, 0.29) is 23.6 Å². The van der Waals surface area contributed by atoms with E-state index in [1.807, 2.05) is 6.07 Å². The van der Waals surface area contributed by atoms with Crippen LogP contribution in [0.1, 0.15) is 76.1 Å². The van der Waals surface area contributed by atoms with Gasteiger partial charge in [0.15, 0.2) is 11.5 Å². The predicted octanol–water partition coefficient (Wildman–Crippen LogP) is 5.37. The molecule has 2 fully saturated rings. The Morgan fingerprint density at radius 2 is 1.88 bits per heavy atom. The molecule has 4 aromatic rings. The van der Waals surface area contributed by atoms with Crippen molar-refractivity contribution in [2.45, 2.75) is 77.3 Å². The van der Waals surface area contributed by atoms with Gasteiger partial charge >= 0.3 is 5.76 Å². The highest BCUT2D eigenvalue weighted by Crippen LogP contribution is 2.37. The molecule has 0 spiro atoms. The molecule has 10 nitrogen and oxygen atoms in total. The highest BCUT2D eigenvalue weighted by Gasteiger charge is 2.30. The largest absolute Gasteiger partial charge is 0.439 e. The van der Waals surface area contributed by atoms with Crippen LogP contribution in [0, 0.1) is 17.8 Å². The lowest BCUT2D eigenvalue weighted by atomic mass is 9.80. The lowest BCUT2D eigenvalue weighted by molar-refractivity contribution is 0.184. The first kappa shape index (κ1) is 26.7. The van der Waals surface area contributed by atoms with E-state index in [1.54, 1.807) is 7.11 Å². The van der Waals surface area contributed by atoms with Crippen molar-refractivity contribution in [1.29, 1.82) is 0 Å². The number of ether oxygens (including phenoxy) is 1. The molecule has 2 saturated carbocycles. The summed E-state index contributed by atoms with van der Waals surface area (Å²) < 4.78 is 12.9. The third-order valence-corrected chi connectivity index (χ3v) is 8.93. The van der Waals surface area contributed by atoms with Gasteiger partial charge in [-0.2, -0.15) is 0 Å². The van der Waals surface area contributed by atoms with Crippen molar-refractivity contribution in [1.82, 2.24) is 29.7 Å². The zero-order chi connectivity index (χ0) is 27.6. The second kappa shape index (κ2) is 11.5. The van der Waals surface area contributed by atoms with Gasteiger partial charge in [-0.25, -0.2) is 19.7 Å². The molecule has 6 rings (SSSR count). The van der Waals surface area contributed by atoms with E-state index in [2.05, 4.69) is 58.1 Å². The van der Waals surface area contributed by atoms with Gasteiger partial charge in [0, 0.05) is 19.7 Å². The number of hydrogen-bond donors (Lipinski definition) is 2. The van der Waals surface area contributed by atoms with E-state index >= 15 is 0 Å². The second-order valence-electron chi connectivity index (χ2n) is 11.8. The molecule has 40 heavy (non-hydrogen) atoms. The average molecular weight is 546 g/mol. The molecule has 2 N–H and O–H groups in total. The third-order valence-electron chi connectivity index (χ3n) is 8.93. The number of imidazole rings is 1. The summed E-state index contributed by atoms with van der Waals surface area (Å²) in [5.74, 6) is 3.32. The first-order valence-electron chi connectivity index (χ1n) is 14.6. The molecule has 3 heterocycles. The van der Waals surface area contributed by atoms with Crippen LogP contribution >= 0.6 is 0 Å². The van der Waals surface area contributed by atoms with E-state index in [0.29, 0.717) is 24.1 Å². The Bertz CT molecular complexity index is 1480. The Balaban J connectivity index is 1.52. The molecule has 0 aliphatic heterocycles. The number of aromatic amines is 1. The molecular formula is C30H39N7O3. The lowest BCUT2D eigenvalue weighted by Gasteiger charge is -2.32. The topological polar surface area (TPSA) is 124 Å². The average Bonchev–Trinajstić information content (AvgIpc) is 3.51. The minimum absolute atomic E-state index is 0.0740. The predicted molar refractivity (Wildman–Crippen MR) is 153 cm³/mol. The maximum Gasteiger partial charge on any atom is 0.439 e. The standard InChI is InChI=1S/C30H39N7O3/c1-18-12-14-20(15-13-18)16-37-24-25(31-19(2)21-10-7-11-21)32-27(28-35-30(38)40-36-28)33-26(24)34-29(37)23(17-39-3)22-8-5-4-6-9-22/h4-6,8-9,18-21,23H,7,10-17H2,1-3H3,(H,31,32,33)(H,35,36,38). The summed E-state index contributed by atoms with van der Waals surface area (Å²) in [7, 11) is 1.73. The van der Waals surface area contributed by atoms with Gasteiger partial charge in [0.2, 0.25) is 11.6 Å². The zero-order valence-corrected chi connectivity index (χ0v) is 23.6. The number of fused-ring (bicyclic) bond motifs is 1. The minimum atomic E-state index is -0.641. The van der Waals surface area contributed by atoms with E-state index in [0.717, 1.165) is 35.2 Å². The van der Waals surface area contributed by atoms with Crippen LogP contribution in [0.4, 0.5) is 5.82 Å². The van der Waals surface area contributed by atoms with Crippen molar-refractivity contribution in [2.24, 2.45) is 17.8 Å². The van der Waals surface area contributed by atoms with Gasteiger partial charge < -0.3 is 14.6 Å². The van der Waals surface area contributed by atoms with Crippen molar-refractivity contribution >= 4 is 17.0 Å². The van der Waals surface area contributed by atoms with Crippen LogP contribution in [-0.4, -0.2) is 49.4 Å². The smallest absolute Gasteiger partial charge is 0.384 e. The molecule has 0 radical (unpaired) electrons. The molecule has 2 unspecified atom stereocenters. The van der Waals surface area contributed by atoms with Gasteiger partial charge in [0.05, 0.1) is 12.5 Å². The molecule has 10 heteroatoms. The maximum atomic E-state index is 11.8. The first-order valence-corrected chi connectivity index (χ1v) is 14.6. The number of nitrogens with zero attached hydrogens (tertiary/aromatic N) is 5. The Morgan fingerprint density at radius 3 is 2.52 bits per heavy atom. The summed E-state index contributed by atoms with van der Waals surface area (Å²) in [6.07, 6.45) is 8.57. The second-order valence-corrected chi connectivity index (χ2v) is 11.8. The highest BCUT2D eigenvalue weighted by molar-refractivity contribution is 5.86. The Kier molecular flexibility index (Phi) is 7.69. The molecule has 1 aromatic carbocycles. The summed E-state index contributed by atoms with van der Waals surface area (Å²) in [4.78, 5) is 29.3. The quantitative estimate of drug-likeness (QED) is 0.272. The van der Waals surface area contributed by atoms with Crippen LogP contribution in [0.3, 0.4) is 0 Å². The number of anilines is 1. The normalized spacial score (nSPS) is 21.3. The number of benzene rings is 1. The van der Waals surface area contributed by atoms with Crippen molar-refractivity contribution in [3.8, 4) is 11.6 Å². The van der Waals surface area contributed by atoms with Crippen LogP contribution < -0.4 is 11.1 Å². The highest BCUT2D eigenvalue weighted by atomic mass is 16.5. The summed E-state index contributed by atoms with van der Waals surface area (Å²) >= 11 is 0. The Morgan fingerprint density at radius 1 is 1.10 bits per heavy atom. The molecule has 0 bridgehead atoms. The number of nitrogens with one attached hydrogen (secondary N) is 2. The fourth-order valence-corrected chi connectivity index (χ4v) is 6.25. The summed E-state index contributed by atoms with van der Waals surface area (Å²) in [5, 5.41) is 7.59. The van der Waals surface area contributed by atoms with Crippen molar-refractivity contribution in [3.05, 3.63) is 52.3 Å². The van der Waals surface area contributed by atoms with E-state index < -0.39 is 5.76 Å². The Labute approximate surface area is 234 Å². The summed E-state index contributed by atoms with van der Waals surface area (Å²) in [6, 6.07) is 10.6. The van der Waals surface area contributed by atoms with Crippen molar-refractivity contribution < 1.29 is 9.26 Å². The number of rotatable bonds is 10. The lowest BCUT2D eigenvalue weighted by Crippen LogP contribution is -2.31. The molecule has 0 amide bonds. The van der Waals surface area contributed by atoms with Gasteiger partial charge in [-0.05, 0) is 55.9 Å².